The minimum atomic E-state index is -0.0784. The third kappa shape index (κ3) is 2.02. The van der Waals surface area contributed by atoms with Gasteiger partial charge in [0.05, 0.1) is 12.2 Å². The average molecular weight is 278 g/mol. The third-order valence-electron chi connectivity index (χ3n) is 3.91. The number of hydrogen-bond acceptors (Lipinski definition) is 4. The van der Waals surface area contributed by atoms with E-state index in [1.165, 1.54) is 0 Å². The van der Waals surface area contributed by atoms with Gasteiger partial charge in [0.1, 0.15) is 0 Å². The highest BCUT2D eigenvalue weighted by molar-refractivity contribution is 6.15. The van der Waals surface area contributed by atoms with Gasteiger partial charge in [0.2, 0.25) is 5.78 Å². The zero-order valence-corrected chi connectivity index (χ0v) is 11.4. The molecule has 1 aliphatic rings. The molecule has 21 heavy (non-hydrogen) atoms. The average Bonchev–Trinajstić information content (AvgIpc) is 2.93. The van der Waals surface area contributed by atoms with Gasteiger partial charge in [0.25, 0.3) is 0 Å². The molecule has 0 spiro atoms. The molecule has 1 aromatic heterocycles. The minimum Gasteiger partial charge on any atom is -0.312 e. The number of carbonyl (C=O) groups is 1. The SMILES string of the molecule is O=C(c1cn(C2CNC2)nn1)c1cccc2ccccc12. The Balaban J connectivity index is 1.74. The number of rotatable bonds is 3. The normalized spacial score (nSPS) is 15.0. The maximum atomic E-state index is 12.7. The van der Waals surface area contributed by atoms with Gasteiger partial charge in [-0.3, -0.25) is 4.79 Å². The molecule has 5 nitrogen and oxygen atoms in total. The predicted octanol–water partition coefficient (Wildman–Crippen LogP) is 1.81. The number of nitrogens with one attached hydrogen (secondary N) is 1. The van der Waals surface area contributed by atoms with Crippen molar-refractivity contribution in [2.24, 2.45) is 0 Å². The number of aromatic nitrogens is 3. The molecule has 4 rings (SSSR count). The Morgan fingerprint density at radius 1 is 1.14 bits per heavy atom. The number of hydrogen-bond donors (Lipinski definition) is 1. The molecule has 0 atom stereocenters. The predicted molar refractivity (Wildman–Crippen MR) is 79.3 cm³/mol. The van der Waals surface area contributed by atoms with Crippen LogP contribution in [0.4, 0.5) is 0 Å². The number of benzene rings is 2. The van der Waals surface area contributed by atoms with Crippen molar-refractivity contribution < 1.29 is 4.79 Å². The van der Waals surface area contributed by atoms with Gasteiger partial charge in [-0.1, -0.05) is 47.7 Å². The van der Waals surface area contributed by atoms with Crippen LogP contribution in [0.15, 0.2) is 48.7 Å². The van der Waals surface area contributed by atoms with Crippen molar-refractivity contribution in [1.82, 2.24) is 20.3 Å². The second-order valence-electron chi connectivity index (χ2n) is 5.25. The van der Waals surface area contributed by atoms with Crippen molar-refractivity contribution in [2.45, 2.75) is 6.04 Å². The van der Waals surface area contributed by atoms with Crippen molar-refractivity contribution in [1.29, 1.82) is 0 Å². The summed E-state index contributed by atoms with van der Waals surface area (Å²) >= 11 is 0. The highest BCUT2D eigenvalue weighted by Crippen LogP contribution is 2.21. The fourth-order valence-electron chi connectivity index (χ4n) is 2.58. The van der Waals surface area contributed by atoms with Crippen LogP contribution in [0.3, 0.4) is 0 Å². The lowest BCUT2D eigenvalue weighted by Crippen LogP contribution is -2.43. The van der Waals surface area contributed by atoms with Crippen LogP contribution >= 0.6 is 0 Å². The first-order chi connectivity index (χ1) is 10.3. The van der Waals surface area contributed by atoms with Gasteiger partial charge in [0.15, 0.2) is 5.69 Å². The fraction of sp³-hybridized carbons (Fsp3) is 0.188. The zero-order chi connectivity index (χ0) is 14.2. The van der Waals surface area contributed by atoms with E-state index in [2.05, 4.69) is 15.6 Å². The Bertz CT molecular complexity index is 815. The lowest BCUT2D eigenvalue weighted by atomic mass is 10.0. The Morgan fingerprint density at radius 3 is 2.76 bits per heavy atom. The molecule has 2 aromatic carbocycles. The quantitative estimate of drug-likeness (QED) is 0.742. The molecule has 3 aromatic rings. The van der Waals surface area contributed by atoms with E-state index < -0.39 is 0 Å². The van der Waals surface area contributed by atoms with Gasteiger partial charge in [0, 0.05) is 18.7 Å². The van der Waals surface area contributed by atoms with E-state index in [9.17, 15) is 4.79 Å². The summed E-state index contributed by atoms with van der Waals surface area (Å²) in [6, 6.07) is 13.9. The van der Waals surface area contributed by atoms with Crippen molar-refractivity contribution in [3.63, 3.8) is 0 Å². The Labute approximate surface area is 121 Å². The first-order valence-corrected chi connectivity index (χ1v) is 6.98. The van der Waals surface area contributed by atoms with E-state index in [4.69, 9.17) is 0 Å². The van der Waals surface area contributed by atoms with Crippen LogP contribution in [0, 0.1) is 0 Å². The molecule has 0 saturated carbocycles. The smallest absolute Gasteiger partial charge is 0.215 e. The molecule has 0 amide bonds. The van der Waals surface area contributed by atoms with Gasteiger partial charge in [-0.25, -0.2) is 4.68 Å². The lowest BCUT2D eigenvalue weighted by Gasteiger charge is -2.26. The second kappa shape index (κ2) is 4.79. The topological polar surface area (TPSA) is 59.8 Å². The summed E-state index contributed by atoms with van der Waals surface area (Å²) in [6.07, 6.45) is 1.75. The van der Waals surface area contributed by atoms with Crippen LogP contribution in [0.2, 0.25) is 0 Å². The Kier molecular flexibility index (Phi) is 2.79. The molecule has 104 valence electrons. The van der Waals surface area contributed by atoms with E-state index in [0.717, 1.165) is 23.9 Å². The van der Waals surface area contributed by atoms with Crippen molar-refractivity contribution in [3.05, 3.63) is 59.9 Å². The maximum absolute atomic E-state index is 12.7. The van der Waals surface area contributed by atoms with Gasteiger partial charge in [-0.15, -0.1) is 5.10 Å². The molecule has 1 saturated heterocycles. The first-order valence-electron chi connectivity index (χ1n) is 6.98. The van der Waals surface area contributed by atoms with Crippen molar-refractivity contribution >= 4 is 16.6 Å². The molecule has 0 aliphatic carbocycles. The second-order valence-corrected chi connectivity index (χ2v) is 5.25. The monoisotopic (exact) mass is 278 g/mol. The van der Waals surface area contributed by atoms with Crippen LogP contribution in [-0.4, -0.2) is 33.9 Å². The summed E-state index contributed by atoms with van der Waals surface area (Å²) in [5, 5.41) is 13.3. The van der Waals surface area contributed by atoms with Crippen LogP contribution in [0.1, 0.15) is 22.1 Å². The molecule has 2 heterocycles. The summed E-state index contributed by atoms with van der Waals surface area (Å²) in [7, 11) is 0. The number of nitrogens with zero attached hydrogens (tertiary/aromatic N) is 3. The van der Waals surface area contributed by atoms with E-state index in [0.29, 0.717) is 17.3 Å². The molecule has 0 radical (unpaired) electrons. The largest absolute Gasteiger partial charge is 0.312 e. The molecule has 1 N–H and O–H groups in total. The van der Waals surface area contributed by atoms with Crippen molar-refractivity contribution in [3.8, 4) is 0 Å². The third-order valence-corrected chi connectivity index (χ3v) is 3.91. The summed E-state index contributed by atoms with van der Waals surface area (Å²) in [6.45, 7) is 1.76. The summed E-state index contributed by atoms with van der Waals surface area (Å²) < 4.78 is 1.77. The highest BCUT2D eigenvalue weighted by atomic mass is 16.1. The molecule has 0 unspecified atom stereocenters. The van der Waals surface area contributed by atoms with E-state index >= 15 is 0 Å². The van der Waals surface area contributed by atoms with Crippen LogP contribution < -0.4 is 5.32 Å². The number of ketones is 1. The van der Waals surface area contributed by atoms with Crippen LogP contribution in [0.5, 0.6) is 0 Å². The van der Waals surface area contributed by atoms with Gasteiger partial charge in [-0.05, 0) is 10.8 Å². The fourth-order valence-corrected chi connectivity index (χ4v) is 2.58. The molecule has 5 heteroatoms. The lowest BCUT2D eigenvalue weighted by molar-refractivity contribution is 0.103. The summed E-state index contributed by atoms with van der Waals surface area (Å²) in [4.78, 5) is 12.7. The summed E-state index contributed by atoms with van der Waals surface area (Å²) in [5.74, 6) is -0.0784. The number of carbonyl (C=O) groups excluding carboxylic acids is 1. The van der Waals surface area contributed by atoms with Crippen molar-refractivity contribution in [2.75, 3.05) is 13.1 Å². The molecular weight excluding hydrogens is 264 g/mol. The van der Waals surface area contributed by atoms with E-state index in [1.54, 1.807) is 10.9 Å². The molecule has 1 fully saturated rings. The van der Waals surface area contributed by atoms with E-state index in [1.807, 2.05) is 42.5 Å². The van der Waals surface area contributed by atoms with E-state index in [-0.39, 0.29) is 5.78 Å². The highest BCUT2D eigenvalue weighted by Gasteiger charge is 2.22. The molecule has 0 bridgehead atoms. The van der Waals surface area contributed by atoms with Gasteiger partial charge >= 0.3 is 0 Å². The Hall–Kier alpha value is -2.53. The maximum Gasteiger partial charge on any atom is 0.215 e. The van der Waals surface area contributed by atoms with Crippen LogP contribution in [-0.2, 0) is 0 Å². The number of fused-ring (bicyclic) bond motifs is 1. The molecule has 1 aliphatic heterocycles. The molecular formula is C16H14N4O. The van der Waals surface area contributed by atoms with Crippen LogP contribution in [0.25, 0.3) is 10.8 Å². The summed E-state index contributed by atoms with van der Waals surface area (Å²) in [5.41, 5.74) is 1.07. The Morgan fingerprint density at radius 2 is 1.95 bits per heavy atom. The van der Waals surface area contributed by atoms with Gasteiger partial charge in [-0.2, -0.15) is 0 Å². The minimum absolute atomic E-state index is 0.0784. The van der Waals surface area contributed by atoms with Gasteiger partial charge < -0.3 is 5.32 Å². The standard InChI is InChI=1S/C16H14N4O/c21-16(15-10-20(19-18-15)12-8-17-9-12)14-7-3-5-11-4-1-2-6-13(11)14/h1-7,10,12,17H,8-9H2. The zero-order valence-electron chi connectivity index (χ0n) is 11.4. The first kappa shape index (κ1) is 12.2.